The molecule has 2 aromatic rings. The highest BCUT2D eigenvalue weighted by Gasteiger charge is 2.15. The highest BCUT2D eigenvalue weighted by Crippen LogP contribution is 2.18. The Balaban J connectivity index is 2.07. The van der Waals surface area contributed by atoms with Crippen LogP contribution in [0.5, 0.6) is 6.01 Å². The molecule has 0 amide bonds. The van der Waals surface area contributed by atoms with Gasteiger partial charge in [0.1, 0.15) is 14.6 Å². The van der Waals surface area contributed by atoms with E-state index in [0.717, 1.165) is 18.2 Å². The van der Waals surface area contributed by atoms with Gasteiger partial charge in [0.15, 0.2) is 5.82 Å². The zero-order valence-electron chi connectivity index (χ0n) is 14.4. The number of benzene rings is 1. The van der Waals surface area contributed by atoms with Gasteiger partial charge in [0.25, 0.3) is 0 Å². The van der Waals surface area contributed by atoms with Crippen LogP contribution in [0.2, 0.25) is 25.7 Å². The highest BCUT2D eigenvalue weighted by molar-refractivity contribution is 6.76. The van der Waals surface area contributed by atoms with Crippen LogP contribution < -0.4 is 10.2 Å². The van der Waals surface area contributed by atoms with E-state index in [9.17, 15) is 0 Å². The van der Waals surface area contributed by atoms with Gasteiger partial charge in [-0.1, -0.05) is 49.4 Å². The molecule has 7 heteroatoms. The lowest BCUT2D eigenvalue weighted by atomic mass is 9.95. The monoisotopic (exact) mass is 329 g/mol. The van der Waals surface area contributed by atoms with Crippen molar-refractivity contribution >= 4 is 21.4 Å². The average Bonchev–Trinajstić information content (AvgIpc) is 2.87. The van der Waals surface area contributed by atoms with Gasteiger partial charge in [-0.05, 0) is 13.0 Å². The molecule has 0 saturated carbocycles. The Morgan fingerprint density at radius 1 is 1.17 bits per heavy atom. The maximum atomic E-state index is 5.75. The lowest BCUT2D eigenvalue weighted by molar-refractivity contribution is 0.0700. The van der Waals surface area contributed by atoms with Gasteiger partial charge in [-0.25, -0.2) is 0 Å². The molecule has 5 nitrogen and oxygen atoms in total. The minimum absolute atomic E-state index is 0.349. The van der Waals surface area contributed by atoms with Crippen LogP contribution in [0.3, 0.4) is 0 Å². The van der Waals surface area contributed by atoms with Crippen molar-refractivity contribution < 1.29 is 9.47 Å². The van der Waals surface area contributed by atoms with Crippen LogP contribution in [-0.4, -0.2) is 43.9 Å². The summed E-state index contributed by atoms with van der Waals surface area (Å²) in [5.41, 5.74) is 1.62. The number of hydrogen-bond acceptors (Lipinski definition) is 4. The van der Waals surface area contributed by atoms with Crippen LogP contribution >= 0.6 is 0 Å². The largest absolute Gasteiger partial charge is 0.464 e. The van der Waals surface area contributed by atoms with E-state index in [-0.39, 0.29) is 0 Å². The molecule has 122 valence electrons. The van der Waals surface area contributed by atoms with Crippen LogP contribution in [0, 0.1) is 0 Å². The number of ether oxygens (including phenoxy) is 2. The molecule has 0 N–H and O–H groups in total. The van der Waals surface area contributed by atoms with E-state index in [1.54, 1.807) is 4.68 Å². The minimum atomic E-state index is -1.09. The first-order chi connectivity index (χ1) is 10.9. The van der Waals surface area contributed by atoms with E-state index in [0.29, 0.717) is 30.6 Å². The summed E-state index contributed by atoms with van der Waals surface area (Å²) < 4.78 is 13.0. The van der Waals surface area contributed by atoms with Gasteiger partial charge in [0.2, 0.25) is 0 Å². The van der Waals surface area contributed by atoms with Gasteiger partial charge in [0, 0.05) is 20.2 Å². The van der Waals surface area contributed by atoms with Crippen LogP contribution in [-0.2, 0) is 11.5 Å². The molecule has 2 radical (unpaired) electrons. The number of hydrogen-bond donors (Lipinski definition) is 0. The Kier molecular flexibility index (Phi) is 6.01. The first-order valence-corrected chi connectivity index (χ1v) is 11.6. The molecule has 0 unspecified atom stereocenters. The molecular weight excluding hydrogens is 305 g/mol. The smallest absolute Gasteiger partial charge is 0.317 e. The fraction of sp³-hybridized carbons (Fsp3) is 0.500. The molecule has 0 aliphatic rings. The topological polar surface area (TPSA) is 49.2 Å². The fourth-order valence-corrected chi connectivity index (χ4v) is 2.69. The minimum Gasteiger partial charge on any atom is -0.464 e. The normalized spacial score (nSPS) is 11.7. The molecule has 1 aromatic heterocycles. The maximum Gasteiger partial charge on any atom is 0.317 e. The second-order valence-corrected chi connectivity index (χ2v) is 12.2. The molecular formula is C16H24BN3O2Si. The van der Waals surface area contributed by atoms with Gasteiger partial charge >= 0.3 is 6.01 Å². The summed E-state index contributed by atoms with van der Waals surface area (Å²) in [6.45, 7) is 10.5. The van der Waals surface area contributed by atoms with Crippen molar-refractivity contribution in [3.63, 3.8) is 0 Å². The standard InChI is InChI=1S/C16H24BN3O2Si/c1-5-22-16-18-15(13-6-8-14(17)9-7-13)19-20(16)12-21-10-11-23(2,3)4/h6-9H,5,10-12H2,1-4H3. The first kappa shape index (κ1) is 17.8. The van der Waals surface area contributed by atoms with Crippen LogP contribution in [0.4, 0.5) is 0 Å². The van der Waals surface area contributed by atoms with Crippen molar-refractivity contribution in [1.29, 1.82) is 0 Å². The number of aromatic nitrogens is 3. The Labute approximate surface area is 140 Å². The number of rotatable bonds is 8. The lowest BCUT2D eigenvalue weighted by Crippen LogP contribution is -2.22. The Bertz CT molecular complexity index is 623. The quantitative estimate of drug-likeness (QED) is 0.551. The second kappa shape index (κ2) is 7.79. The van der Waals surface area contributed by atoms with E-state index < -0.39 is 8.07 Å². The molecule has 1 heterocycles. The lowest BCUT2D eigenvalue weighted by Gasteiger charge is -2.15. The number of nitrogens with zero attached hydrogens (tertiary/aromatic N) is 3. The highest BCUT2D eigenvalue weighted by atomic mass is 28.3. The summed E-state index contributed by atoms with van der Waals surface area (Å²) in [5, 5.41) is 4.49. The van der Waals surface area contributed by atoms with Crippen molar-refractivity contribution in [3.8, 4) is 17.4 Å². The van der Waals surface area contributed by atoms with Crippen molar-refractivity contribution in [2.24, 2.45) is 0 Å². The summed E-state index contributed by atoms with van der Waals surface area (Å²) in [6.07, 6.45) is 0. The second-order valence-electron chi connectivity index (χ2n) is 6.62. The van der Waals surface area contributed by atoms with Gasteiger partial charge in [-0.15, -0.1) is 5.10 Å². The molecule has 0 aliphatic carbocycles. The summed E-state index contributed by atoms with van der Waals surface area (Å²) in [5.74, 6) is 0.613. The van der Waals surface area contributed by atoms with Gasteiger partial charge < -0.3 is 9.47 Å². The van der Waals surface area contributed by atoms with Crippen molar-refractivity contribution in [2.45, 2.75) is 39.3 Å². The molecule has 0 atom stereocenters. The maximum absolute atomic E-state index is 5.75. The molecule has 0 fully saturated rings. The SMILES string of the molecule is [B]c1ccc(-c2nc(OCC)n(COCC[Si](C)(C)C)n2)cc1. The van der Waals surface area contributed by atoms with Gasteiger partial charge in [-0.2, -0.15) is 9.67 Å². The Morgan fingerprint density at radius 3 is 2.48 bits per heavy atom. The molecule has 0 spiro atoms. The summed E-state index contributed by atoms with van der Waals surface area (Å²) in [4.78, 5) is 4.44. The predicted molar refractivity (Wildman–Crippen MR) is 96.1 cm³/mol. The van der Waals surface area contributed by atoms with E-state index in [1.807, 2.05) is 31.2 Å². The van der Waals surface area contributed by atoms with Gasteiger partial charge in [0.05, 0.1) is 6.61 Å². The molecule has 2 rings (SSSR count). The van der Waals surface area contributed by atoms with Crippen LogP contribution in [0.1, 0.15) is 6.92 Å². The Morgan fingerprint density at radius 2 is 1.87 bits per heavy atom. The molecule has 0 aliphatic heterocycles. The summed E-state index contributed by atoms with van der Waals surface area (Å²) >= 11 is 0. The van der Waals surface area contributed by atoms with Crippen molar-refractivity contribution in [2.75, 3.05) is 13.2 Å². The molecule has 0 saturated heterocycles. The molecule has 1 aromatic carbocycles. The van der Waals surface area contributed by atoms with E-state index in [4.69, 9.17) is 17.3 Å². The van der Waals surface area contributed by atoms with E-state index in [2.05, 4.69) is 29.7 Å². The third-order valence-corrected chi connectivity index (χ3v) is 4.99. The van der Waals surface area contributed by atoms with Crippen LogP contribution in [0.15, 0.2) is 24.3 Å². The predicted octanol–water partition coefficient (Wildman–Crippen LogP) is 2.45. The third kappa shape index (κ3) is 5.51. The summed E-state index contributed by atoms with van der Waals surface area (Å²) in [7, 11) is 4.63. The van der Waals surface area contributed by atoms with E-state index in [1.165, 1.54) is 0 Å². The van der Waals surface area contributed by atoms with Gasteiger partial charge in [-0.3, -0.25) is 0 Å². The third-order valence-electron chi connectivity index (χ3n) is 3.29. The van der Waals surface area contributed by atoms with E-state index >= 15 is 0 Å². The van der Waals surface area contributed by atoms with Crippen molar-refractivity contribution in [3.05, 3.63) is 24.3 Å². The zero-order valence-corrected chi connectivity index (χ0v) is 15.4. The summed E-state index contributed by atoms with van der Waals surface area (Å²) in [6, 6.07) is 9.07. The van der Waals surface area contributed by atoms with Crippen LogP contribution in [0.25, 0.3) is 11.4 Å². The fourth-order valence-electron chi connectivity index (χ4n) is 1.93. The molecule has 23 heavy (non-hydrogen) atoms. The Hall–Kier alpha value is -1.60. The first-order valence-electron chi connectivity index (χ1n) is 7.90. The van der Waals surface area contributed by atoms with Crippen molar-refractivity contribution in [1.82, 2.24) is 14.8 Å². The zero-order chi connectivity index (χ0) is 16.9. The average molecular weight is 329 g/mol. The molecule has 0 bridgehead atoms.